The maximum atomic E-state index is 13.5. The van der Waals surface area contributed by atoms with E-state index in [9.17, 15) is 9.18 Å². The van der Waals surface area contributed by atoms with E-state index in [4.69, 9.17) is 0 Å². The van der Waals surface area contributed by atoms with Gasteiger partial charge in [0.15, 0.2) is 0 Å². The van der Waals surface area contributed by atoms with Crippen LogP contribution in [0.2, 0.25) is 0 Å². The van der Waals surface area contributed by atoms with Crippen molar-refractivity contribution in [3.8, 4) is 0 Å². The fraction of sp³-hybridized carbons (Fsp3) is 0. The number of anilines is 2. The number of H-pyrrole nitrogens is 1. The molecule has 0 saturated heterocycles. The third kappa shape index (κ3) is 2.20. The van der Waals surface area contributed by atoms with E-state index in [0.29, 0.717) is 5.69 Å². The van der Waals surface area contributed by atoms with Crippen molar-refractivity contribution in [2.75, 3.05) is 5.32 Å². The van der Waals surface area contributed by atoms with E-state index < -0.39 is 5.82 Å². The van der Waals surface area contributed by atoms with Gasteiger partial charge in [-0.15, -0.1) is 0 Å². The van der Waals surface area contributed by atoms with Gasteiger partial charge in [0.05, 0.1) is 5.69 Å². The van der Waals surface area contributed by atoms with Gasteiger partial charge in [0.2, 0.25) is 0 Å². The van der Waals surface area contributed by atoms with E-state index in [0.717, 1.165) is 10.9 Å². The molecule has 1 heterocycles. The average Bonchev–Trinajstić information content (AvgIpc) is 2.42. The predicted molar refractivity (Wildman–Crippen MR) is 74.3 cm³/mol. The number of aromatic amines is 1. The van der Waals surface area contributed by atoms with E-state index in [-0.39, 0.29) is 11.2 Å². The first kappa shape index (κ1) is 11.5. The molecule has 3 rings (SSSR count). The minimum absolute atomic E-state index is 0.276. The zero-order chi connectivity index (χ0) is 13.2. The summed E-state index contributed by atoms with van der Waals surface area (Å²) in [5.41, 5.74) is 1.08. The van der Waals surface area contributed by atoms with Crippen LogP contribution in [0.4, 0.5) is 15.8 Å². The third-order valence-corrected chi connectivity index (χ3v) is 2.90. The van der Waals surface area contributed by atoms with Gasteiger partial charge in [0.1, 0.15) is 11.5 Å². The quantitative estimate of drug-likeness (QED) is 0.736. The van der Waals surface area contributed by atoms with Gasteiger partial charge in [0, 0.05) is 10.9 Å². The number of aromatic nitrogens is 1. The molecule has 0 aliphatic carbocycles. The lowest BCUT2D eigenvalue weighted by atomic mass is 10.2. The number of hydrogen-bond donors (Lipinski definition) is 2. The van der Waals surface area contributed by atoms with Crippen LogP contribution >= 0.6 is 0 Å². The summed E-state index contributed by atoms with van der Waals surface area (Å²) in [6, 6.07) is 15.4. The number of hydrogen-bond acceptors (Lipinski definition) is 2. The van der Waals surface area contributed by atoms with Crippen LogP contribution < -0.4 is 10.9 Å². The highest BCUT2D eigenvalue weighted by Gasteiger charge is 2.05. The molecule has 3 aromatic rings. The largest absolute Gasteiger partial charge is 0.349 e. The standard InChI is InChI=1S/C15H11FN2O/c16-11-6-2-4-8-13(11)17-14-9-10-5-1-3-7-12(10)18-15(14)19/h1-9,17H,(H,18,19). The second-order valence-electron chi connectivity index (χ2n) is 4.20. The van der Waals surface area contributed by atoms with Crippen LogP contribution in [0.3, 0.4) is 0 Å². The van der Waals surface area contributed by atoms with Gasteiger partial charge < -0.3 is 10.3 Å². The number of benzene rings is 2. The molecule has 0 aliphatic heterocycles. The van der Waals surface area contributed by atoms with Crippen molar-refractivity contribution in [2.24, 2.45) is 0 Å². The number of rotatable bonds is 2. The second kappa shape index (κ2) is 4.57. The van der Waals surface area contributed by atoms with Crippen LogP contribution in [0.1, 0.15) is 0 Å². The number of para-hydroxylation sites is 2. The molecule has 0 amide bonds. The number of nitrogens with one attached hydrogen (secondary N) is 2. The molecule has 4 heteroatoms. The monoisotopic (exact) mass is 254 g/mol. The Balaban J connectivity index is 2.08. The maximum absolute atomic E-state index is 13.5. The van der Waals surface area contributed by atoms with Gasteiger partial charge in [-0.3, -0.25) is 4.79 Å². The van der Waals surface area contributed by atoms with Gasteiger partial charge in [0.25, 0.3) is 5.56 Å². The molecular weight excluding hydrogens is 243 g/mol. The molecule has 3 nitrogen and oxygen atoms in total. The zero-order valence-corrected chi connectivity index (χ0v) is 9.98. The molecule has 0 spiro atoms. The van der Waals surface area contributed by atoms with Gasteiger partial charge >= 0.3 is 0 Å². The fourth-order valence-corrected chi connectivity index (χ4v) is 1.95. The van der Waals surface area contributed by atoms with E-state index in [1.807, 2.05) is 24.3 Å². The van der Waals surface area contributed by atoms with Gasteiger partial charge in [-0.1, -0.05) is 30.3 Å². The molecule has 0 radical (unpaired) electrons. The Morgan fingerprint density at radius 1 is 0.947 bits per heavy atom. The lowest BCUT2D eigenvalue weighted by molar-refractivity contribution is 0.632. The van der Waals surface area contributed by atoms with Crippen molar-refractivity contribution >= 4 is 22.3 Å². The highest BCUT2D eigenvalue weighted by molar-refractivity contribution is 5.82. The summed E-state index contributed by atoms with van der Waals surface area (Å²) in [5.74, 6) is -0.393. The Kier molecular flexibility index (Phi) is 2.76. The molecule has 0 fully saturated rings. The Labute approximate surface area is 108 Å². The fourth-order valence-electron chi connectivity index (χ4n) is 1.95. The molecule has 0 unspecified atom stereocenters. The molecule has 19 heavy (non-hydrogen) atoms. The van der Waals surface area contributed by atoms with E-state index >= 15 is 0 Å². The molecular formula is C15H11FN2O. The summed E-state index contributed by atoms with van der Waals surface area (Å²) in [5, 5.41) is 3.70. The van der Waals surface area contributed by atoms with Crippen LogP contribution in [0.5, 0.6) is 0 Å². The first-order chi connectivity index (χ1) is 9.24. The van der Waals surface area contributed by atoms with Crippen LogP contribution in [-0.4, -0.2) is 4.98 Å². The Morgan fingerprint density at radius 2 is 1.68 bits per heavy atom. The van der Waals surface area contributed by atoms with Crippen molar-refractivity contribution in [3.63, 3.8) is 0 Å². The van der Waals surface area contributed by atoms with Gasteiger partial charge in [-0.2, -0.15) is 0 Å². The first-order valence-electron chi connectivity index (χ1n) is 5.88. The topological polar surface area (TPSA) is 44.9 Å². The van der Waals surface area contributed by atoms with E-state index in [1.54, 1.807) is 24.3 Å². The van der Waals surface area contributed by atoms with Crippen LogP contribution in [0.15, 0.2) is 59.4 Å². The normalized spacial score (nSPS) is 10.6. The van der Waals surface area contributed by atoms with Gasteiger partial charge in [-0.25, -0.2) is 4.39 Å². The molecule has 94 valence electrons. The minimum atomic E-state index is -0.393. The zero-order valence-electron chi connectivity index (χ0n) is 9.98. The van der Waals surface area contributed by atoms with E-state index in [2.05, 4.69) is 10.3 Å². The molecule has 2 N–H and O–H groups in total. The second-order valence-corrected chi connectivity index (χ2v) is 4.20. The van der Waals surface area contributed by atoms with Crippen LogP contribution in [0, 0.1) is 5.82 Å². The molecule has 0 bridgehead atoms. The summed E-state index contributed by atoms with van der Waals surface area (Å²) in [7, 11) is 0. The van der Waals surface area contributed by atoms with E-state index in [1.165, 1.54) is 6.07 Å². The molecule has 2 aromatic carbocycles. The summed E-state index contributed by atoms with van der Waals surface area (Å²) < 4.78 is 13.5. The molecule has 0 saturated carbocycles. The van der Waals surface area contributed by atoms with Crippen molar-refractivity contribution in [2.45, 2.75) is 0 Å². The number of fused-ring (bicyclic) bond motifs is 1. The Morgan fingerprint density at radius 3 is 2.53 bits per heavy atom. The van der Waals surface area contributed by atoms with Crippen molar-refractivity contribution in [1.29, 1.82) is 0 Å². The van der Waals surface area contributed by atoms with Crippen LogP contribution in [-0.2, 0) is 0 Å². The SMILES string of the molecule is O=c1[nH]c2ccccc2cc1Nc1ccccc1F. The summed E-state index contributed by atoms with van der Waals surface area (Å²) in [4.78, 5) is 14.7. The lowest BCUT2D eigenvalue weighted by Gasteiger charge is -2.07. The Hall–Kier alpha value is -2.62. The molecule has 1 aromatic heterocycles. The Bertz CT molecular complexity index is 795. The maximum Gasteiger partial charge on any atom is 0.272 e. The smallest absolute Gasteiger partial charge is 0.272 e. The summed E-state index contributed by atoms with van der Waals surface area (Å²) in [6.45, 7) is 0. The lowest BCUT2D eigenvalue weighted by Crippen LogP contribution is -2.11. The van der Waals surface area contributed by atoms with Crippen molar-refractivity contribution in [1.82, 2.24) is 4.98 Å². The third-order valence-electron chi connectivity index (χ3n) is 2.90. The van der Waals surface area contributed by atoms with Crippen molar-refractivity contribution < 1.29 is 4.39 Å². The molecule has 0 atom stereocenters. The first-order valence-corrected chi connectivity index (χ1v) is 5.88. The average molecular weight is 254 g/mol. The highest BCUT2D eigenvalue weighted by atomic mass is 19.1. The number of halogens is 1. The predicted octanol–water partition coefficient (Wildman–Crippen LogP) is 3.41. The highest BCUT2D eigenvalue weighted by Crippen LogP contribution is 2.19. The van der Waals surface area contributed by atoms with Crippen LogP contribution in [0.25, 0.3) is 10.9 Å². The summed E-state index contributed by atoms with van der Waals surface area (Å²) >= 11 is 0. The molecule has 0 aliphatic rings. The van der Waals surface area contributed by atoms with Crippen molar-refractivity contribution in [3.05, 3.63) is 70.8 Å². The minimum Gasteiger partial charge on any atom is -0.349 e. The number of pyridine rings is 1. The van der Waals surface area contributed by atoms with Gasteiger partial charge in [-0.05, 0) is 24.3 Å². The summed E-state index contributed by atoms with van der Waals surface area (Å²) in [6.07, 6.45) is 0.